The van der Waals surface area contributed by atoms with E-state index in [0.29, 0.717) is 16.1 Å². The van der Waals surface area contributed by atoms with Crippen LogP contribution in [-0.4, -0.2) is 34.7 Å². The standard InChI is InChI=1S/C13H14N4O6S3/c14-13(15)16-23-26(21,22)7-11(18)9-3-1-2-8(4-9)10-5-12(24-6-10)17-25(19)20/h1-6,17H,7H2,(H,19,20)(H4,14,15,16)/p-1. The Hall–Kier alpha value is -2.48. The molecule has 0 saturated heterocycles. The van der Waals surface area contributed by atoms with Crippen molar-refractivity contribution in [2.45, 2.75) is 0 Å². The van der Waals surface area contributed by atoms with E-state index in [1.807, 2.05) is 0 Å². The molecule has 0 bridgehead atoms. The highest BCUT2D eigenvalue weighted by Gasteiger charge is 2.20. The van der Waals surface area contributed by atoms with Crippen molar-refractivity contribution in [3.63, 3.8) is 0 Å². The van der Waals surface area contributed by atoms with Gasteiger partial charge >= 0.3 is 10.1 Å². The minimum Gasteiger partial charge on any atom is -0.755 e. The van der Waals surface area contributed by atoms with E-state index in [1.54, 1.807) is 23.6 Å². The molecular formula is C13H13N4O6S3-. The van der Waals surface area contributed by atoms with Crippen LogP contribution >= 0.6 is 11.3 Å². The molecule has 1 aromatic carbocycles. The quantitative estimate of drug-likeness (QED) is 0.181. The van der Waals surface area contributed by atoms with Crippen LogP contribution in [0.25, 0.3) is 11.1 Å². The van der Waals surface area contributed by atoms with Gasteiger partial charge in [0.2, 0.25) is 5.96 Å². The number of nitrogens with zero attached hydrogens (tertiary/aromatic N) is 1. The summed E-state index contributed by atoms with van der Waals surface area (Å²) >= 11 is -1.28. The summed E-state index contributed by atoms with van der Waals surface area (Å²) < 4.78 is 51.0. The number of hydrogen-bond acceptors (Lipinski definition) is 8. The zero-order valence-corrected chi connectivity index (χ0v) is 15.4. The highest BCUT2D eigenvalue weighted by atomic mass is 32.2. The lowest BCUT2D eigenvalue weighted by Crippen LogP contribution is -2.25. The van der Waals surface area contributed by atoms with Crippen molar-refractivity contribution in [2.75, 3.05) is 10.5 Å². The summed E-state index contributed by atoms with van der Waals surface area (Å²) in [4.78, 5) is 12.2. The van der Waals surface area contributed by atoms with E-state index in [2.05, 4.69) is 14.2 Å². The van der Waals surface area contributed by atoms with Crippen LogP contribution in [0.3, 0.4) is 0 Å². The van der Waals surface area contributed by atoms with Crippen molar-refractivity contribution in [1.29, 1.82) is 0 Å². The Bertz CT molecular complexity index is 966. The first kappa shape index (κ1) is 19.8. The first-order chi connectivity index (χ1) is 12.2. The lowest BCUT2D eigenvalue weighted by atomic mass is 10.0. The lowest BCUT2D eigenvalue weighted by Gasteiger charge is -2.05. The fourth-order valence-corrected chi connectivity index (χ4v) is 3.88. The van der Waals surface area contributed by atoms with Crippen LogP contribution in [0.1, 0.15) is 10.4 Å². The molecule has 2 rings (SSSR count). The molecule has 0 aliphatic carbocycles. The molecule has 1 aromatic heterocycles. The Morgan fingerprint density at radius 3 is 2.69 bits per heavy atom. The second-order valence-corrected chi connectivity index (χ2v) is 7.97. The summed E-state index contributed by atoms with van der Waals surface area (Å²) in [5, 5.41) is 5.00. The van der Waals surface area contributed by atoms with Gasteiger partial charge in [-0.25, -0.2) is 0 Å². The molecule has 2 aromatic rings. The molecule has 13 heteroatoms. The van der Waals surface area contributed by atoms with E-state index >= 15 is 0 Å². The van der Waals surface area contributed by atoms with Crippen molar-refractivity contribution in [3.05, 3.63) is 41.3 Å². The molecule has 10 nitrogen and oxygen atoms in total. The predicted octanol–water partition coefficient (Wildman–Crippen LogP) is 0.339. The molecular weight excluding hydrogens is 404 g/mol. The third kappa shape index (κ3) is 5.80. The summed E-state index contributed by atoms with van der Waals surface area (Å²) in [6.07, 6.45) is 0. The van der Waals surface area contributed by atoms with Crippen molar-refractivity contribution in [2.24, 2.45) is 16.6 Å². The van der Waals surface area contributed by atoms with Gasteiger partial charge in [-0.3, -0.25) is 13.3 Å². The van der Waals surface area contributed by atoms with Crippen LogP contribution in [0, 0.1) is 0 Å². The number of oxime groups is 1. The molecule has 1 atom stereocenters. The van der Waals surface area contributed by atoms with Crippen molar-refractivity contribution in [1.82, 2.24) is 0 Å². The van der Waals surface area contributed by atoms with E-state index in [0.717, 1.165) is 11.3 Å². The Morgan fingerprint density at radius 1 is 1.31 bits per heavy atom. The van der Waals surface area contributed by atoms with E-state index < -0.39 is 38.9 Å². The number of hydrogen-bond donors (Lipinski definition) is 3. The Morgan fingerprint density at radius 2 is 2.04 bits per heavy atom. The van der Waals surface area contributed by atoms with Crippen molar-refractivity contribution in [3.8, 4) is 11.1 Å². The molecule has 0 aliphatic rings. The fraction of sp³-hybridized carbons (Fsp3) is 0.0769. The topological polar surface area (TPSA) is 177 Å². The second-order valence-electron chi connectivity index (χ2n) is 4.83. The molecule has 0 spiro atoms. The van der Waals surface area contributed by atoms with Crippen LogP contribution < -0.4 is 16.2 Å². The Labute approximate surface area is 155 Å². The van der Waals surface area contributed by atoms with Gasteiger partial charge in [-0.05, 0) is 28.4 Å². The third-order valence-electron chi connectivity index (χ3n) is 2.87. The third-order valence-corrected chi connectivity index (χ3v) is 5.14. The SMILES string of the molecule is NC(N)=NOS(=O)(=O)CC(=O)c1cccc(-c2csc(NS(=O)[O-])c2)c1. The molecule has 0 saturated carbocycles. The second kappa shape index (κ2) is 8.27. The average molecular weight is 417 g/mol. The van der Waals surface area contributed by atoms with Gasteiger partial charge in [0.1, 0.15) is 0 Å². The van der Waals surface area contributed by atoms with Gasteiger partial charge in [-0.2, -0.15) is 8.42 Å². The smallest absolute Gasteiger partial charge is 0.336 e. The van der Waals surface area contributed by atoms with Crippen LogP contribution in [0.15, 0.2) is 40.9 Å². The molecule has 0 amide bonds. The average Bonchev–Trinajstić information content (AvgIpc) is 3.00. The Kier molecular flexibility index (Phi) is 6.31. The first-order valence-electron chi connectivity index (χ1n) is 6.74. The molecule has 0 aliphatic heterocycles. The maximum atomic E-state index is 12.2. The van der Waals surface area contributed by atoms with E-state index in [1.165, 1.54) is 12.1 Å². The number of nitrogens with two attached hydrogens (primary N) is 2. The molecule has 140 valence electrons. The van der Waals surface area contributed by atoms with Gasteiger partial charge in [-0.1, -0.05) is 18.2 Å². The number of guanidine groups is 1. The summed E-state index contributed by atoms with van der Waals surface area (Å²) in [7, 11) is -4.28. The number of carbonyl (C=O) groups excluding carboxylic acids is 1. The summed E-state index contributed by atoms with van der Waals surface area (Å²) in [5.41, 5.74) is 11.3. The number of thiophene rings is 1. The maximum absolute atomic E-state index is 12.2. The highest BCUT2D eigenvalue weighted by Crippen LogP contribution is 2.29. The highest BCUT2D eigenvalue weighted by molar-refractivity contribution is 7.87. The van der Waals surface area contributed by atoms with Crippen LogP contribution in [0.2, 0.25) is 0 Å². The first-order valence-corrected chi connectivity index (χ1v) is 10.3. The van der Waals surface area contributed by atoms with Crippen LogP contribution in [0.4, 0.5) is 5.00 Å². The van der Waals surface area contributed by atoms with E-state index in [4.69, 9.17) is 11.5 Å². The number of ketones is 1. The summed E-state index contributed by atoms with van der Waals surface area (Å²) in [6, 6.07) is 7.78. The summed E-state index contributed by atoms with van der Waals surface area (Å²) in [5.74, 6) is -2.26. The number of carbonyl (C=O) groups is 1. The zero-order chi connectivity index (χ0) is 19.3. The number of anilines is 1. The molecule has 5 N–H and O–H groups in total. The predicted molar refractivity (Wildman–Crippen MR) is 97.3 cm³/mol. The number of nitrogens with one attached hydrogen (secondary N) is 1. The Balaban J connectivity index is 2.18. The van der Waals surface area contributed by atoms with E-state index in [9.17, 15) is 22.0 Å². The van der Waals surface area contributed by atoms with Gasteiger partial charge in [0.25, 0.3) is 0 Å². The van der Waals surface area contributed by atoms with Crippen LogP contribution in [0.5, 0.6) is 0 Å². The van der Waals surface area contributed by atoms with Gasteiger partial charge in [0, 0.05) is 22.2 Å². The molecule has 26 heavy (non-hydrogen) atoms. The van der Waals surface area contributed by atoms with E-state index in [-0.39, 0.29) is 5.56 Å². The minimum atomic E-state index is -4.28. The van der Waals surface area contributed by atoms with Gasteiger partial charge in [0.15, 0.2) is 11.5 Å². The number of Topliss-reactive ketones (excluding diaryl/α,β-unsaturated/α-hetero) is 1. The maximum Gasteiger partial charge on any atom is 0.336 e. The molecule has 1 heterocycles. The lowest BCUT2D eigenvalue weighted by molar-refractivity contribution is 0.101. The van der Waals surface area contributed by atoms with Gasteiger partial charge in [0.05, 0.1) is 5.00 Å². The normalized spacial score (nSPS) is 12.2. The van der Waals surface area contributed by atoms with Crippen molar-refractivity contribution >= 4 is 49.5 Å². The molecule has 1 unspecified atom stereocenters. The van der Waals surface area contributed by atoms with Gasteiger partial charge in [-0.15, -0.1) is 11.3 Å². The summed E-state index contributed by atoms with van der Waals surface area (Å²) in [6.45, 7) is 0. The largest absolute Gasteiger partial charge is 0.755 e. The monoisotopic (exact) mass is 417 g/mol. The van der Waals surface area contributed by atoms with Crippen molar-refractivity contribution < 1.29 is 26.3 Å². The van der Waals surface area contributed by atoms with Crippen LogP contribution in [-0.2, 0) is 25.7 Å². The zero-order valence-electron chi connectivity index (χ0n) is 12.9. The van der Waals surface area contributed by atoms with Gasteiger partial charge < -0.3 is 20.7 Å². The molecule has 0 fully saturated rings. The number of rotatable bonds is 8. The number of benzene rings is 1. The fourth-order valence-electron chi connectivity index (χ4n) is 1.87. The minimum absolute atomic E-state index is 0.132. The molecule has 0 radical (unpaired) electrons.